The highest BCUT2D eigenvalue weighted by molar-refractivity contribution is 5.94. The van der Waals surface area contributed by atoms with E-state index in [4.69, 9.17) is 0 Å². The van der Waals surface area contributed by atoms with Crippen molar-refractivity contribution in [1.82, 2.24) is 14.5 Å². The van der Waals surface area contributed by atoms with E-state index in [9.17, 15) is 4.79 Å². The summed E-state index contributed by atoms with van der Waals surface area (Å²) >= 11 is 0. The molecule has 0 saturated heterocycles. The first-order chi connectivity index (χ1) is 8.58. The Morgan fingerprint density at radius 1 is 1.33 bits per heavy atom. The lowest BCUT2D eigenvalue weighted by Crippen LogP contribution is -2.27. The van der Waals surface area contributed by atoms with Crippen LogP contribution in [0.25, 0.3) is 0 Å². The van der Waals surface area contributed by atoms with Crippen LogP contribution >= 0.6 is 0 Å². The van der Waals surface area contributed by atoms with Gasteiger partial charge in [-0.2, -0.15) is 0 Å². The van der Waals surface area contributed by atoms with Crippen LogP contribution in [-0.4, -0.2) is 27.4 Å². The minimum Gasteiger partial charge on any atom is -0.337 e. The van der Waals surface area contributed by atoms with Gasteiger partial charge in [-0.1, -0.05) is 17.7 Å². The molecule has 94 valence electrons. The Kier molecular flexibility index (Phi) is 3.46. The van der Waals surface area contributed by atoms with E-state index in [0.29, 0.717) is 12.1 Å². The molecule has 1 aromatic carbocycles. The molecule has 0 radical (unpaired) electrons. The lowest BCUT2D eigenvalue weighted by molar-refractivity contribution is 0.0780. The van der Waals surface area contributed by atoms with Gasteiger partial charge in [0.25, 0.3) is 5.91 Å². The Hall–Kier alpha value is -2.10. The lowest BCUT2D eigenvalue weighted by Gasteiger charge is -2.17. The maximum absolute atomic E-state index is 12.2. The number of aromatic nitrogens is 2. The summed E-state index contributed by atoms with van der Waals surface area (Å²) in [5.74, 6) is 0.885. The van der Waals surface area contributed by atoms with Crippen LogP contribution in [0.15, 0.2) is 36.7 Å². The maximum atomic E-state index is 12.2. The average molecular weight is 243 g/mol. The van der Waals surface area contributed by atoms with E-state index in [1.165, 1.54) is 0 Å². The summed E-state index contributed by atoms with van der Waals surface area (Å²) in [6, 6.07) is 7.60. The van der Waals surface area contributed by atoms with Gasteiger partial charge in [0.2, 0.25) is 0 Å². The van der Waals surface area contributed by atoms with Crippen LogP contribution in [0.5, 0.6) is 0 Å². The summed E-state index contributed by atoms with van der Waals surface area (Å²) in [4.78, 5) is 18.1. The van der Waals surface area contributed by atoms with E-state index in [1.54, 1.807) is 18.1 Å². The fourth-order valence-corrected chi connectivity index (χ4v) is 1.75. The van der Waals surface area contributed by atoms with Gasteiger partial charge in [0, 0.05) is 32.1 Å². The molecule has 2 rings (SSSR count). The van der Waals surface area contributed by atoms with Crippen LogP contribution in [0.4, 0.5) is 0 Å². The third-order valence-corrected chi connectivity index (χ3v) is 2.94. The predicted molar refractivity (Wildman–Crippen MR) is 70.2 cm³/mol. The molecule has 18 heavy (non-hydrogen) atoms. The van der Waals surface area contributed by atoms with Gasteiger partial charge in [-0.3, -0.25) is 4.79 Å². The smallest absolute Gasteiger partial charge is 0.253 e. The van der Waals surface area contributed by atoms with Crippen LogP contribution in [0.1, 0.15) is 21.7 Å². The van der Waals surface area contributed by atoms with E-state index in [2.05, 4.69) is 4.98 Å². The number of hydrogen-bond acceptors (Lipinski definition) is 2. The van der Waals surface area contributed by atoms with E-state index in [-0.39, 0.29) is 5.91 Å². The molecule has 1 heterocycles. The topological polar surface area (TPSA) is 38.1 Å². The Morgan fingerprint density at radius 3 is 2.56 bits per heavy atom. The molecule has 0 aliphatic heterocycles. The summed E-state index contributed by atoms with van der Waals surface area (Å²) in [5, 5.41) is 0. The first-order valence-corrected chi connectivity index (χ1v) is 5.86. The highest BCUT2D eigenvalue weighted by atomic mass is 16.2. The van der Waals surface area contributed by atoms with E-state index in [0.717, 1.165) is 11.4 Å². The minimum atomic E-state index is 0.0120. The number of imidazole rings is 1. The quantitative estimate of drug-likeness (QED) is 0.827. The monoisotopic (exact) mass is 243 g/mol. The Morgan fingerprint density at radius 2 is 2.00 bits per heavy atom. The van der Waals surface area contributed by atoms with Crippen molar-refractivity contribution in [3.05, 3.63) is 53.6 Å². The maximum Gasteiger partial charge on any atom is 0.253 e. The molecule has 0 unspecified atom stereocenters. The molecule has 0 aliphatic rings. The van der Waals surface area contributed by atoms with Crippen LogP contribution in [0.3, 0.4) is 0 Å². The molecule has 1 amide bonds. The van der Waals surface area contributed by atoms with Gasteiger partial charge < -0.3 is 9.47 Å². The molecule has 0 bridgehead atoms. The first-order valence-electron chi connectivity index (χ1n) is 5.86. The van der Waals surface area contributed by atoms with Gasteiger partial charge in [-0.15, -0.1) is 0 Å². The van der Waals surface area contributed by atoms with Crippen LogP contribution in [-0.2, 0) is 13.6 Å². The minimum absolute atomic E-state index is 0.0120. The first kappa shape index (κ1) is 12.4. The number of carbonyl (C=O) groups is 1. The predicted octanol–water partition coefficient (Wildman–Crippen LogP) is 2.00. The molecular formula is C14H17N3O. The third-order valence-electron chi connectivity index (χ3n) is 2.94. The standard InChI is InChI=1S/C14H17N3O/c1-11-4-6-12(7-5-11)14(18)17(3)10-13-15-8-9-16(13)2/h4-9H,10H2,1-3H3. The van der Waals surface area contributed by atoms with E-state index in [1.807, 2.05) is 49.0 Å². The molecule has 0 saturated carbocycles. The van der Waals surface area contributed by atoms with Crippen molar-refractivity contribution in [2.45, 2.75) is 13.5 Å². The van der Waals surface area contributed by atoms with Crippen molar-refractivity contribution in [2.75, 3.05) is 7.05 Å². The van der Waals surface area contributed by atoms with Crippen LogP contribution in [0, 0.1) is 6.92 Å². The molecule has 0 aliphatic carbocycles. The SMILES string of the molecule is Cc1ccc(C(=O)N(C)Cc2nccn2C)cc1. The number of aryl methyl sites for hydroxylation is 2. The summed E-state index contributed by atoms with van der Waals surface area (Å²) in [7, 11) is 3.71. The molecule has 0 atom stereocenters. The summed E-state index contributed by atoms with van der Waals surface area (Å²) in [6.07, 6.45) is 3.61. The molecule has 1 aromatic heterocycles. The second-order valence-corrected chi connectivity index (χ2v) is 4.48. The van der Waals surface area contributed by atoms with Crippen molar-refractivity contribution >= 4 is 5.91 Å². The molecule has 4 nitrogen and oxygen atoms in total. The zero-order valence-electron chi connectivity index (χ0n) is 10.9. The molecule has 0 fully saturated rings. The molecule has 0 N–H and O–H groups in total. The molecular weight excluding hydrogens is 226 g/mol. The van der Waals surface area contributed by atoms with Crippen molar-refractivity contribution in [1.29, 1.82) is 0 Å². The average Bonchev–Trinajstić information content (AvgIpc) is 2.75. The number of rotatable bonds is 3. The highest BCUT2D eigenvalue weighted by Crippen LogP contribution is 2.08. The van der Waals surface area contributed by atoms with Crippen molar-refractivity contribution in [2.24, 2.45) is 7.05 Å². The van der Waals surface area contributed by atoms with Crippen molar-refractivity contribution in [3.8, 4) is 0 Å². The van der Waals surface area contributed by atoms with Gasteiger partial charge in [0.05, 0.1) is 6.54 Å². The Labute approximate surface area is 107 Å². The lowest BCUT2D eigenvalue weighted by atomic mass is 10.1. The number of nitrogens with zero attached hydrogens (tertiary/aromatic N) is 3. The summed E-state index contributed by atoms with van der Waals surface area (Å²) in [6.45, 7) is 2.52. The van der Waals surface area contributed by atoms with Gasteiger partial charge in [-0.25, -0.2) is 4.98 Å². The Balaban J connectivity index is 2.09. The van der Waals surface area contributed by atoms with Gasteiger partial charge in [0.15, 0.2) is 0 Å². The summed E-state index contributed by atoms with van der Waals surface area (Å²) in [5.41, 5.74) is 1.86. The van der Waals surface area contributed by atoms with E-state index >= 15 is 0 Å². The zero-order chi connectivity index (χ0) is 13.1. The van der Waals surface area contributed by atoms with Crippen LogP contribution < -0.4 is 0 Å². The second-order valence-electron chi connectivity index (χ2n) is 4.48. The van der Waals surface area contributed by atoms with E-state index < -0.39 is 0 Å². The van der Waals surface area contributed by atoms with Gasteiger partial charge in [0.1, 0.15) is 5.82 Å². The fourth-order valence-electron chi connectivity index (χ4n) is 1.75. The zero-order valence-corrected chi connectivity index (χ0v) is 10.9. The molecule has 0 spiro atoms. The Bertz CT molecular complexity index is 542. The number of benzene rings is 1. The number of carbonyl (C=O) groups excluding carboxylic acids is 1. The van der Waals surface area contributed by atoms with Gasteiger partial charge in [-0.05, 0) is 19.1 Å². The molecule has 4 heteroatoms. The van der Waals surface area contributed by atoms with Crippen molar-refractivity contribution in [3.63, 3.8) is 0 Å². The molecule has 2 aromatic rings. The largest absolute Gasteiger partial charge is 0.337 e. The number of hydrogen-bond donors (Lipinski definition) is 0. The van der Waals surface area contributed by atoms with Crippen LogP contribution in [0.2, 0.25) is 0 Å². The normalized spacial score (nSPS) is 10.4. The third kappa shape index (κ3) is 2.59. The van der Waals surface area contributed by atoms with Gasteiger partial charge >= 0.3 is 0 Å². The fraction of sp³-hybridized carbons (Fsp3) is 0.286. The number of amides is 1. The highest BCUT2D eigenvalue weighted by Gasteiger charge is 2.13. The van der Waals surface area contributed by atoms with Crippen molar-refractivity contribution < 1.29 is 4.79 Å². The summed E-state index contributed by atoms with van der Waals surface area (Å²) < 4.78 is 1.92. The second kappa shape index (κ2) is 5.04.